The van der Waals surface area contributed by atoms with Crippen molar-refractivity contribution in [3.63, 3.8) is 0 Å². The highest BCUT2D eigenvalue weighted by Crippen LogP contribution is 2.14. The fourth-order valence-electron chi connectivity index (χ4n) is 2.11. The first-order chi connectivity index (χ1) is 12.4. The minimum atomic E-state index is -0.231. The van der Waals surface area contributed by atoms with Crippen LogP contribution in [0.1, 0.15) is 36.7 Å². The van der Waals surface area contributed by atoms with E-state index in [1.165, 1.54) is 6.20 Å². The molecular formula is C19H25N3O4. The van der Waals surface area contributed by atoms with Crippen molar-refractivity contribution in [2.45, 2.75) is 32.9 Å². The van der Waals surface area contributed by atoms with Crippen LogP contribution < -0.4 is 14.8 Å². The van der Waals surface area contributed by atoms with Gasteiger partial charge in [-0.2, -0.15) is 0 Å². The molecule has 0 fully saturated rings. The minimum Gasteiger partial charge on any atom is -0.481 e. The van der Waals surface area contributed by atoms with Gasteiger partial charge in [-0.15, -0.1) is 0 Å². The number of hydrogen-bond donors (Lipinski definition) is 1. The fraction of sp³-hybridized carbons (Fsp3) is 0.421. The number of nitrogens with zero attached hydrogens (tertiary/aromatic N) is 2. The molecule has 2 aromatic heterocycles. The van der Waals surface area contributed by atoms with Crippen LogP contribution in [-0.2, 0) is 11.3 Å². The van der Waals surface area contributed by atoms with E-state index < -0.39 is 0 Å². The number of methoxy groups -OCH3 is 1. The van der Waals surface area contributed by atoms with Crippen LogP contribution >= 0.6 is 0 Å². The number of amides is 1. The number of hydrogen-bond acceptors (Lipinski definition) is 6. The zero-order chi connectivity index (χ0) is 19.0. The van der Waals surface area contributed by atoms with Gasteiger partial charge in [-0.1, -0.05) is 6.07 Å². The summed E-state index contributed by atoms with van der Waals surface area (Å²) in [5, 5.41) is 2.82. The maximum absolute atomic E-state index is 12.2. The number of nitrogens with one attached hydrogen (secondary N) is 1. The van der Waals surface area contributed by atoms with Gasteiger partial charge in [-0.3, -0.25) is 4.79 Å². The van der Waals surface area contributed by atoms with Crippen molar-refractivity contribution in [3.8, 4) is 11.8 Å². The molecule has 0 spiro atoms. The molecule has 0 bridgehead atoms. The molecule has 1 N–H and O–H groups in total. The van der Waals surface area contributed by atoms with E-state index in [1.807, 2.05) is 26.8 Å². The van der Waals surface area contributed by atoms with E-state index in [2.05, 4.69) is 15.3 Å². The van der Waals surface area contributed by atoms with E-state index in [1.54, 1.807) is 31.5 Å². The standard InChI is InChI=1S/C19H25N3O4/c1-19(2,3)26-11-10-25-16-8-7-14(12-21-16)17(23)22-13-15-6-5-9-20-18(15)24-4/h5-9,12H,10-11,13H2,1-4H3,(H,22,23). The number of pyridine rings is 2. The van der Waals surface area contributed by atoms with Crippen LogP contribution in [0.3, 0.4) is 0 Å². The summed E-state index contributed by atoms with van der Waals surface area (Å²) in [6, 6.07) is 6.97. The van der Waals surface area contributed by atoms with E-state index in [0.717, 1.165) is 5.56 Å². The van der Waals surface area contributed by atoms with Crippen LogP contribution in [0.25, 0.3) is 0 Å². The van der Waals surface area contributed by atoms with Crippen molar-refractivity contribution in [1.29, 1.82) is 0 Å². The first-order valence-electron chi connectivity index (χ1n) is 8.38. The summed E-state index contributed by atoms with van der Waals surface area (Å²) in [7, 11) is 1.54. The Morgan fingerprint density at radius 3 is 2.62 bits per heavy atom. The van der Waals surface area contributed by atoms with Crippen molar-refractivity contribution < 1.29 is 19.0 Å². The molecule has 0 unspecified atom stereocenters. The molecular weight excluding hydrogens is 334 g/mol. The van der Waals surface area contributed by atoms with E-state index in [0.29, 0.717) is 37.1 Å². The molecule has 0 aliphatic rings. The smallest absolute Gasteiger partial charge is 0.253 e. The Hall–Kier alpha value is -2.67. The molecule has 2 heterocycles. The Kier molecular flexibility index (Phi) is 6.91. The van der Waals surface area contributed by atoms with Gasteiger partial charge in [0.15, 0.2) is 0 Å². The van der Waals surface area contributed by atoms with Crippen LogP contribution in [0.5, 0.6) is 11.8 Å². The Morgan fingerprint density at radius 1 is 1.15 bits per heavy atom. The Balaban J connectivity index is 1.82. The van der Waals surface area contributed by atoms with Crippen molar-refractivity contribution in [2.24, 2.45) is 0 Å². The third-order valence-electron chi connectivity index (χ3n) is 3.35. The van der Waals surface area contributed by atoms with Gasteiger partial charge in [0.1, 0.15) is 6.61 Å². The Bertz CT molecular complexity index is 711. The molecule has 0 aliphatic heterocycles. The van der Waals surface area contributed by atoms with Crippen molar-refractivity contribution in [3.05, 3.63) is 47.8 Å². The van der Waals surface area contributed by atoms with Gasteiger partial charge in [-0.05, 0) is 32.9 Å². The van der Waals surface area contributed by atoms with Crippen molar-refractivity contribution in [1.82, 2.24) is 15.3 Å². The van der Waals surface area contributed by atoms with E-state index in [9.17, 15) is 4.79 Å². The molecule has 7 nitrogen and oxygen atoms in total. The SMILES string of the molecule is COc1ncccc1CNC(=O)c1ccc(OCCOC(C)(C)C)nc1. The van der Waals surface area contributed by atoms with Gasteiger partial charge in [0.2, 0.25) is 11.8 Å². The predicted octanol–water partition coefficient (Wildman–Crippen LogP) is 2.61. The second-order valence-corrected chi connectivity index (χ2v) is 6.55. The van der Waals surface area contributed by atoms with Gasteiger partial charge in [-0.25, -0.2) is 9.97 Å². The maximum atomic E-state index is 12.2. The molecule has 0 saturated carbocycles. The highest BCUT2D eigenvalue weighted by atomic mass is 16.5. The molecule has 2 rings (SSSR count). The Labute approximate surface area is 153 Å². The van der Waals surface area contributed by atoms with Crippen LogP contribution in [0, 0.1) is 0 Å². The molecule has 7 heteroatoms. The number of carbonyl (C=O) groups excluding carboxylic acids is 1. The van der Waals surface area contributed by atoms with Crippen LogP contribution in [0.2, 0.25) is 0 Å². The molecule has 0 atom stereocenters. The van der Waals surface area contributed by atoms with E-state index in [-0.39, 0.29) is 11.5 Å². The van der Waals surface area contributed by atoms with Crippen LogP contribution in [0.4, 0.5) is 0 Å². The summed E-state index contributed by atoms with van der Waals surface area (Å²) >= 11 is 0. The lowest BCUT2D eigenvalue weighted by Crippen LogP contribution is -2.23. The van der Waals surface area contributed by atoms with Gasteiger partial charge in [0.05, 0.1) is 24.9 Å². The van der Waals surface area contributed by atoms with Crippen molar-refractivity contribution in [2.75, 3.05) is 20.3 Å². The molecule has 0 aliphatic carbocycles. The van der Waals surface area contributed by atoms with Crippen LogP contribution in [0.15, 0.2) is 36.7 Å². The topological polar surface area (TPSA) is 82.6 Å². The fourth-order valence-corrected chi connectivity index (χ4v) is 2.11. The first kappa shape index (κ1) is 19.7. The highest BCUT2D eigenvalue weighted by molar-refractivity contribution is 5.93. The number of ether oxygens (including phenoxy) is 3. The van der Waals surface area contributed by atoms with Gasteiger partial charge >= 0.3 is 0 Å². The number of rotatable bonds is 8. The summed E-state index contributed by atoms with van der Waals surface area (Å²) in [6.45, 7) is 7.15. The van der Waals surface area contributed by atoms with E-state index in [4.69, 9.17) is 14.2 Å². The number of carbonyl (C=O) groups is 1. The maximum Gasteiger partial charge on any atom is 0.253 e. The quantitative estimate of drug-likeness (QED) is 0.730. The average molecular weight is 359 g/mol. The molecule has 0 saturated heterocycles. The zero-order valence-electron chi connectivity index (χ0n) is 15.6. The number of aromatic nitrogens is 2. The minimum absolute atomic E-state index is 0.199. The summed E-state index contributed by atoms with van der Waals surface area (Å²) in [5.41, 5.74) is 1.05. The largest absolute Gasteiger partial charge is 0.481 e. The van der Waals surface area contributed by atoms with Crippen molar-refractivity contribution >= 4 is 5.91 Å². The third-order valence-corrected chi connectivity index (χ3v) is 3.35. The third kappa shape index (κ3) is 6.33. The highest BCUT2D eigenvalue weighted by Gasteiger charge is 2.11. The lowest BCUT2D eigenvalue weighted by molar-refractivity contribution is -0.0168. The lowest BCUT2D eigenvalue weighted by atomic mass is 10.2. The predicted molar refractivity (Wildman–Crippen MR) is 97.4 cm³/mol. The molecule has 0 radical (unpaired) electrons. The van der Waals surface area contributed by atoms with Gasteiger partial charge in [0.25, 0.3) is 5.91 Å². The molecule has 140 valence electrons. The van der Waals surface area contributed by atoms with Gasteiger partial charge < -0.3 is 19.5 Å². The second kappa shape index (κ2) is 9.15. The summed E-state index contributed by atoms with van der Waals surface area (Å²) < 4.78 is 16.2. The second-order valence-electron chi connectivity index (χ2n) is 6.55. The monoisotopic (exact) mass is 359 g/mol. The Morgan fingerprint density at radius 2 is 1.96 bits per heavy atom. The average Bonchev–Trinajstić information content (AvgIpc) is 2.63. The first-order valence-corrected chi connectivity index (χ1v) is 8.38. The summed E-state index contributed by atoms with van der Waals surface area (Å²) in [5.74, 6) is 0.714. The zero-order valence-corrected chi connectivity index (χ0v) is 15.6. The molecule has 26 heavy (non-hydrogen) atoms. The molecule has 1 amide bonds. The molecule has 0 aromatic carbocycles. The lowest BCUT2D eigenvalue weighted by Gasteiger charge is -2.19. The summed E-state index contributed by atoms with van der Waals surface area (Å²) in [4.78, 5) is 20.5. The molecule has 2 aromatic rings. The van der Waals surface area contributed by atoms with E-state index >= 15 is 0 Å². The normalized spacial score (nSPS) is 11.1. The van der Waals surface area contributed by atoms with Crippen LogP contribution in [-0.4, -0.2) is 41.8 Å². The summed E-state index contributed by atoms with van der Waals surface area (Å²) in [6.07, 6.45) is 3.12. The van der Waals surface area contributed by atoms with Gasteiger partial charge in [0, 0.05) is 30.6 Å².